The van der Waals surface area contributed by atoms with Crippen molar-refractivity contribution < 1.29 is 9.53 Å². The van der Waals surface area contributed by atoms with Gasteiger partial charge in [0.05, 0.1) is 6.61 Å². The van der Waals surface area contributed by atoms with Gasteiger partial charge in [-0.05, 0) is 31.1 Å². The van der Waals surface area contributed by atoms with Crippen molar-refractivity contribution in [1.29, 1.82) is 0 Å². The second-order valence-electron chi connectivity index (χ2n) is 3.88. The zero-order valence-electron chi connectivity index (χ0n) is 8.99. The predicted octanol–water partition coefficient (Wildman–Crippen LogP) is 2.50. The number of hydrogen-bond donors (Lipinski definition) is 0. The molecule has 0 saturated heterocycles. The van der Waals surface area contributed by atoms with Crippen LogP contribution in [0.15, 0.2) is 30.4 Å². The quantitative estimate of drug-likeness (QED) is 0.699. The lowest BCUT2D eigenvalue weighted by atomic mass is 9.97. The third kappa shape index (κ3) is 2.00. The maximum Gasteiger partial charge on any atom is 0.188 e. The number of carbonyl (C=O) groups excluding carboxylic acids is 1. The fourth-order valence-electron chi connectivity index (χ4n) is 1.77. The molecule has 0 spiro atoms. The first-order chi connectivity index (χ1) is 7.18. The molecule has 1 unspecified atom stereocenters. The molecule has 0 fully saturated rings. The maximum absolute atomic E-state index is 11.6. The summed E-state index contributed by atoms with van der Waals surface area (Å²) in [5, 5.41) is 0. The molecule has 15 heavy (non-hydrogen) atoms. The van der Waals surface area contributed by atoms with Gasteiger partial charge in [0.15, 0.2) is 5.78 Å². The van der Waals surface area contributed by atoms with E-state index in [1.165, 1.54) is 0 Å². The molecule has 0 amide bonds. The second kappa shape index (κ2) is 3.99. The molecule has 0 saturated carbocycles. The largest absolute Gasteiger partial charge is 0.361 e. The first kappa shape index (κ1) is 10.1. The van der Waals surface area contributed by atoms with Gasteiger partial charge in [-0.25, -0.2) is 0 Å². The van der Waals surface area contributed by atoms with Crippen molar-refractivity contribution >= 4 is 5.78 Å². The minimum atomic E-state index is -0.408. The Kier molecular flexibility index (Phi) is 2.69. The summed E-state index contributed by atoms with van der Waals surface area (Å²) >= 11 is 0. The van der Waals surface area contributed by atoms with E-state index in [4.69, 9.17) is 4.74 Å². The maximum atomic E-state index is 11.6. The highest BCUT2D eigenvalue weighted by Crippen LogP contribution is 2.25. The minimum absolute atomic E-state index is 0.0370. The van der Waals surface area contributed by atoms with Crippen LogP contribution in [0.2, 0.25) is 0 Å². The summed E-state index contributed by atoms with van der Waals surface area (Å²) in [6.45, 7) is 4.54. The van der Waals surface area contributed by atoms with Crippen molar-refractivity contribution in [1.82, 2.24) is 0 Å². The number of aryl methyl sites for hydroxylation is 2. The topological polar surface area (TPSA) is 26.3 Å². The van der Waals surface area contributed by atoms with Gasteiger partial charge in [0.1, 0.15) is 6.10 Å². The molecule has 1 aliphatic heterocycles. The Morgan fingerprint density at radius 1 is 1.33 bits per heavy atom. The molecule has 2 rings (SSSR count). The van der Waals surface area contributed by atoms with E-state index < -0.39 is 6.10 Å². The van der Waals surface area contributed by atoms with Crippen molar-refractivity contribution in [3.05, 3.63) is 47.0 Å². The van der Waals surface area contributed by atoms with Gasteiger partial charge in [0, 0.05) is 0 Å². The van der Waals surface area contributed by atoms with Gasteiger partial charge < -0.3 is 4.74 Å². The Morgan fingerprint density at radius 2 is 2.13 bits per heavy atom. The van der Waals surface area contributed by atoms with E-state index in [1.54, 1.807) is 12.2 Å². The van der Waals surface area contributed by atoms with Gasteiger partial charge in [-0.1, -0.05) is 29.8 Å². The van der Waals surface area contributed by atoms with E-state index in [2.05, 4.69) is 0 Å². The van der Waals surface area contributed by atoms with E-state index in [-0.39, 0.29) is 5.78 Å². The molecule has 0 aliphatic carbocycles. The highest BCUT2D eigenvalue weighted by molar-refractivity contribution is 5.95. The van der Waals surface area contributed by atoms with Gasteiger partial charge in [-0.15, -0.1) is 0 Å². The first-order valence-electron chi connectivity index (χ1n) is 5.07. The van der Waals surface area contributed by atoms with Crippen LogP contribution in [0.3, 0.4) is 0 Å². The van der Waals surface area contributed by atoms with Gasteiger partial charge in [-0.2, -0.15) is 0 Å². The standard InChI is InChI=1S/C13H14O2/c1-9-5-6-10(2)11(8-9)13-12(14)4-3-7-15-13/h3-6,8,13H,7H2,1-2H3. The zero-order chi connectivity index (χ0) is 10.8. The smallest absolute Gasteiger partial charge is 0.188 e. The van der Waals surface area contributed by atoms with Gasteiger partial charge >= 0.3 is 0 Å². The number of carbonyl (C=O) groups is 1. The molecule has 2 nitrogen and oxygen atoms in total. The van der Waals surface area contributed by atoms with Crippen molar-refractivity contribution in [3.8, 4) is 0 Å². The van der Waals surface area contributed by atoms with E-state index in [9.17, 15) is 4.79 Å². The van der Waals surface area contributed by atoms with Crippen LogP contribution < -0.4 is 0 Å². The van der Waals surface area contributed by atoms with Crippen LogP contribution in [0.5, 0.6) is 0 Å². The van der Waals surface area contributed by atoms with Gasteiger partial charge in [0.2, 0.25) is 0 Å². The SMILES string of the molecule is Cc1ccc(C)c(C2OCC=CC2=O)c1. The molecule has 0 radical (unpaired) electrons. The van der Waals surface area contributed by atoms with Gasteiger partial charge in [0.25, 0.3) is 0 Å². The molecule has 78 valence electrons. The van der Waals surface area contributed by atoms with Crippen LogP contribution in [-0.2, 0) is 9.53 Å². The Morgan fingerprint density at radius 3 is 2.87 bits per heavy atom. The van der Waals surface area contributed by atoms with E-state index in [0.717, 1.165) is 16.7 Å². The van der Waals surface area contributed by atoms with E-state index in [0.29, 0.717) is 6.61 Å². The Labute approximate surface area is 89.6 Å². The molecule has 0 N–H and O–H groups in total. The average Bonchev–Trinajstić information content (AvgIpc) is 2.23. The van der Waals surface area contributed by atoms with Crippen molar-refractivity contribution in [3.63, 3.8) is 0 Å². The third-order valence-corrected chi connectivity index (χ3v) is 2.62. The fraction of sp³-hybridized carbons (Fsp3) is 0.308. The summed E-state index contributed by atoms with van der Waals surface area (Å²) in [6.07, 6.45) is 2.95. The Balaban J connectivity index is 2.40. The lowest BCUT2D eigenvalue weighted by Crippen LogP contribution is -2.19. The number of hydrogen-bond acceptors (Lipinski definition) is 2. The number of ketones is 1. The fourth-order valence-corrected chi connectivity index (χ4v) is 1.77. The third-order valence-electron chi connectivity index (χ3n) is 2.62. The summed E-state index contributed by atoms with van der Waals surface area (Å²) in [5.41, 5.74) is 3.25. The van der Waals surface area contributed by atoms with Crippen molar-refractivity contribution in [2.45, 2.75) is 20.0 Å². The lowest BCUT2D eigenvalue weighted by Gasteiger charge is -2.20. The highest BCUT2D eigenvalue weighted by atomic mass is 16.5. The molecule has 1 atom stereocenters. The lowest BCUT2D eigenvalue weighted by molar-refractivity contribution is -0.126. The molecule has 1 aliphatic rings. The Bertz CT molecular complexity index is 419. The molecular weight excluding hydrogens is 188 g/mol. The molecular formula is C13H14O2. The van der Waals surface area contributed by atoms with Crippen molar-refractivity contribution in [2.75, 3.05) is 6.61 Å². The highest BCUT2D eigenvalue weighted by Gasteiger charge is 2.22. The number of ether oxygens (including phenoxy) is 1. The van der Waals surface area contributed by atoms with Crippen LogP contribution in [0.4, 0.5) is 0 Å². The predicted molar refractivity (Wildman–Crippen MR) is 58.8 cm³/mol. The summed E-state index contributed by atoms with van der Waals surface area (Å²) in [7, 11) is 0. The summed E-state index contributed by atoms with van der Waals surface area (Å²) in [5.74, 6) is 0.0370. The summed E-state index contributed by atoms with van der Waals surface area (Å²) in [4.78, 5) is 11.6. The molecule has 1 aromatic rings. The second-order valence-corrected chi connectivity index (χ2v) is 3.88. The molecule has 1 heterocycles. The van der Waals surface area contributed by atoms with Crippen LogP contribution in [0, 0.1) is 13.8 Å². The van der Waals surface area contributed by atoms with Crippen molar-refractivity contribution in [2.24, 2.45) is 0 Å². The van der Waals surface area contributed by atoms with E-state index in [1.807, 2.05) is 32.0 Å². The van der Waals surface area contributed by atoms with Crippen LogP contribution in [0.25, 0.3) is 0 Å². The average molecular weight is 202 g/mol. The Hall–Kier alpha value is -1.41. The molecule has 1 aromatic carbocycles. The number of benzene rings is 1. The number of rotatable bonds is 1. The summed E-state index contributed by atoms with van der Waals surface area (Å²) < 4.78 is 5.48. The molecule has 0 bridgehead atoms. The van der Waals surface area contributed by atoms with Crippen LogP contribution >= 0.6 is 0 Å². The summed E-state index contributed by atoms with van der Waals surface area (Å²) in [6, 6.07) is 6.10. The van der Waals surface area contributed by atoms with Gasteiger partial charge in [-0.3, -0.25) is 4.79 Å². The van der Waals surface area contributed by atoms with Crippen LogP contribution in [-0.4, -0.2) is 12.4 Å². The first-order valence-corrected chi connectivity index (χ1v) is 5.07. The molecule has 0 aromatic heterocycles. The zero-order valence-corrected chi connectivity index (χ0v) is 8.99. The monoisotopic (exact) mass is 202 g/mol. The van der Waals surface area contributed by atoms with Crippen LogP contribution in [0.1, 0.15) is 22.8 Å². The molecule has 2 heteroatoms. The minimum Gasteiger partial charge on any atom is -0.361 e. The van der Waals surface area contributed by atoms with E-state index >= 15 is 0 Å². The normalized spacial score (nSPS) is 20.7.